The largest absolute Gasteiger partial charge is 0.326 e. The maximum atomic E-state index is 12.9. The van der Waals surface area contributed by atoms with Gasteiger partial charge < -0.3 is 10.6 Å². The van der Waals surface area contributed by atoms with Gasteiger partial charge in [-0.3, -0.25) is 19.2 Å². The minimum Gasteiger partial charge on any atom is -0.326 e. The van der Waals surface area contributed by atoms with E-state index in [-0.39, 0.29) is 23.4 Å². The highest BCUT2D eigenvalue weighted by Crippen LogP contribution is 2.22. The summed E-state index contributed by atoms with van der Waals surface area (Å²) in [5, 5.41) is 5.30. The topological polar surface area (TPSA) is 92.3 Å². The predicted octanol–water partition coefficient (Wildman–Crippen LogP) is 4.07. The zero-order valence-corrected chi connectivity index (χ0v) is 16.6. The predicted molar refractivity (Wildman–Crippen MR) is 115 cm³/mol. The van der Waals surface area contributed by atoms with Crippen LogP contribution in [0, 0.1) is 0 Å². The second-order valence-electron chi connectivity index (χ2n) is 6.69. The van der Waals surface area contributed by atoms with Gasteiger partial charge in [-0.25, -0.2) is 0 Å². The fraction of sp³-hybridized carbons (Fsp3) is 0.0833. The van der Waals surface area contributed by atoms with Crippen molar-refractivity contribution in [2.45, 2.75) is 13.8 Å². The number of ketones is 2. The van der Waals surface area contributed by atoms with Crippen LogP contribution in [0.1, 0.15) is 45.7 Å². The Morgan fingerprint density at radius 3 is 1.20 bits per heavy atom. The lowest BCUT2D eigenvalue weighted by Crippen LogP contribution is -2.12. The Morgan fingerprint density at radius 2 is 0.867 bits per heavy atom. The molecule has 0 fully saturated rings. The lowest BCUT2D eigenvalue weighted by molar-refractivity contribution is -0.115. The Bertz CT molecular complexity index is 1040. The quantitative estimate of drug-likeness (QED) is 0.610. The molecule has 0 spiro atoms. The number of benzene rings is 3. The maximum absolute atomic E-state index is 12.9. The van der Waals surface area contributed by atoms with Gasteiger partial charge in [-0.15, -0.1) is 0 Å². The molecule has 2 N–H and O–H groups in total. The summed E-state index contributed by atoms with van der Waals surface area (Å²) in [5.41, 5.74) is 2.36. The zero-order valence-electron chi connectivity index (χ0n) is 16.6. The van der Waals surface area contributed by atoms with Crippen LogP contribution in [0.15, 0.2) is 72.8 Å². The highest BCUT2D eigenvalue weighted by molar-refractivity contribution is 6.16. The first-order valence-electron chi connectivity index (χ1n) is 9.29. The molecule has 30 heavy (non-hydrogen) atoms. The van der Waals surface area contributed by atoms with Crippen LogP contribution in [0.4, 0.5) is 11.4 Å². The first-order valence-corrected chi connectivity index (χ1v) is 9.29. The lowest BCUT2D eigenvalue weighted by Gasteiger charge is -2.10. The normalized spacial score (nSPS) is 10.2. The fourth-order valence-electron chi connectivity index (χ4n) is 3.04. The van der Waals surface area contributed by atoms with E-state index in [1.807, 2.05) is 0 Å². The number of carbonyl (C=O) groups excluding carboxylic acids is 4. The monoisotopic (exact) mass is 400 g/mol. The Morgan fingerprint density at radius 1 is 0.533 bits per heavy atom. The van der Waals surface area contributed by atoms with Gasteiger partial charge in [0.05, 0.1) is 11.4 Å². The minimum atomic E-state index is -0.269. The molecule has 0 saturated heterocycles. The van der Waals surface area contributed by atoms with Gasteiger partial charge in [0.1, 0.15) is 0 Å². The van der Waals surface area contributed by atoms with E-state index in [1.165, 1.54) is 13.8 Å². The summed E-state index contributed by atoms with van der Waals surface area (Å²) in [6, 6.07) is 19.8. The lowest BCUT2D eigenvalue weighted by atomic mass is 9.97. The Kier molecular flexibility index (Phi) is 6.17. The molecule has 0 aliphatic rings. The van der Waals surface area contributed by atoms with Gasteiger partial charge in [0.25, 0.3) is 0 Å². The molecule has 0 atom stereocenters. The highest BCUT2D eigenvalue weighted by atomic mass is 16.2. The molecular formula is C24H20N2O4. The van der Waals surface area contributed by atoms with Crippen LogP contribution in [0.25, 0.3) is 0 Å². The summed E-state index contributed by atoms with van der Waals surface area (Å²) in [6.45, 7) is 2.75. The fourth-order valence-corrected chi connectivity index (χ4v) is 3.04. The van der Waals surface area contributed by atoms with Gasteiger partial charge in [0.15, 0.2) is 11.6 Å². The summed E-state index contributed by atoms with van der Waals surface area (Å²) in [6.07, 6.45) is 0. The zero-order chi connectivity index (χ0) is 21.7. The number of rotatable bonds is 6. The van der Waals surface area contributed by atoms with Crippen LogP contribution in [-0.4, -0.2) is 23.4 Å². The second kappa shape index (κ2) is 8.96. The smallest absolute Gasteiger partial charge is 0.221 e. The summed E-state index contributed by atoms with van der Waals surface area (Å²) in [7, 11) is 0. The van der Waals surface area contributed by atoms with Crippen molar-refractivity contribution in [2.24, 2.45) is 0 Å². The number of para-hydroxylation sites is 2. The standard InChI is InChI=1S/C24H20N2O4/c1-15(27)25-21-9-5-3-7-19(21)23(29)17-11-13-18(14-12-17)24(30)20-8-4-6-10-22(20)26-16(2)28/h3-14H,1-2H3,(H,25,27)(H,26,28). The molecule has 2 amide bonds. The highest BCUT2D eigenvalue weighted by Gasteiger charge is 2.17. The second-order valence-corrected chi connectivity index (χ2v) is 6.69. The summed E-state index contributed by atoms with van der Waals surface area (Å²) in [4.78, 5) is 48.6. The third-order valence-corrected chi connectivity index (χ3v) is 4.37. The SMILES string of the molecule is CC(=O)Nc1ccccc1C(=O)c1ccc(C(=O)c2ccccc2NC(C)=O)cc1. The third-order valence-electron chi connectivity index (χ3n) is 4.37. The molecule has 0 aliphatic carbocycles. The summed E-state index contributed by atoms with van der Waals surface area (Å²) in [5.74, 6) is -1.07. The van der Waals surface area contributed by atoms with Crippen molar-refractivity contribution in [1.29, 1.82) is 0 Å². The number of hydrogen-bond donors (Lipinski definition) is 2. The molecule has 0 bridgehead atoms. The molecule has 0 aliphatic heterocycles. The summed E-state index contributed by atoms with van der Waals surface area (Å²) < 4.78 is 0. The van der Waals surface area contributed by atoms with E-state index < -0.39 is 0 Å². The first-order chi connectivity index (χ1) is 14.4. The van der Waals surface area contributed by atoms with Crippen molar-refractivity contribution >= 4 is 34.8 Å². The van der Waals surface area contributed by atoms with Crippen LogP contribution in [0.5, 0.6) is 0 Å². The Balaban J connectivity index is 1.88. The van der Waals surface area contributed by atoms with E-state index >= 15 is 0 Å². The molecule has 0 radical (unpaired) electrons. The number of hydrogen-bond acceptors (Lipinski definition) is 4. The number of anilines is 2. The number of nitrogens with one attached hydrogen (secondary N) is 2. The van der Waals surface area contributed by atoms with E-state index in [2.05, 4.69) is 10.6 Å². The van der Waals surface area contributed by atoms with E-state index in [4.69, 9.17) is 0 Å². The van der Waals surface area contributed by atoms with Crippen molar-refractivity contribution in [1.82, 2.24) is 0 Å². The van der Waals surface area contributed by atoms with Crippen LogP contribution < -0.4 is 10.6 Å². The minimum absolute atomic E-state index is 0.267. The molecular weight excluding hydrogens is 380 g/mol. The van der Waals surface area contributed by atoms with Gasteiger partial charge in [-0.05, 0) is 24.3 Å². The molecule has 150 valence electrons. The molecule has 3 aromatic rings. The number of amides is 2. The van der Waals surface area contributed by atoms with E-state index in [9.17, 15) is 19.2 Å². The molecule has 3 aromatic carbocycles. The van der Waals surface area contributed by atoms with Crippen molar-refractivity contribution in [3.05, 3.63) is 95.1 Å². The third kappa shape index (κ3) is 4.67. The Hall–Kier alpha value is -4.06. The van der Waals surface area contributed by atoms with Gasteiger partial charge in [0.2, 0.25) is 11.8 Å². The molecule has 0 saturated carbocycles. The van der Waals surface area contributed by atoms with Crippen molar-refractivity contribution in [3.8, 4) is 0 Å². The van der Waals surface area contributed by atoms with E-state index in [1.54, 1.807) is 72.8 Å². The van der Waals surface area contributed by atoms with Crippen molar-refractivity contribution in [3.63, 3.8) is 0 Å². The van der Waals surface area contributed by atoms with Crippen LogP contribution >= 0.6 is 0 Å². The molecule has 6 heteroatoms. The molecule has 0 aromatic heterocycles. The average molecular weight is 400 g/mol. The maximum Gasteiger partial charge on any atom is 0.221 e. The van der Waals surface area contributed by atoms with Gasteiger partial charge in [0, 0.05) is 36.1 Å². The molecule has 6 nitrogen and oxygen atoms in total. The van der Waals surface area contributed by atoms with Crippen LogP contribution in [0.2, 0.25) is 0 Å². The van der Waals surface area contributed by atoms with Crippen molar-refractivity contribution in [2.75, 3.05) is 10.6 Å². The molecule has 0 unspecified atom stereocenters. The van der Waals surface area contributed by atoms with Crippen LogP contribution in [-0.2, 0) is 9.59 Å². The first kappa shape index (κ1) is 20.7. The number of carbonyl (C=O) groups is 4. The van der Waals surface area contributed by atoms with Gasteiger partial charge in [-0.1, -0.05) is 48.5 Å². The van der Waals surface area contributed by atoms with E-state index in [0.717, 1.165) is 0 Å². The van der Waals surface area contributed by atoms with Gasteiger partial charge in [-0.2, -0.15) is 0 Å². The average Bonchev–Trinajstić information content (AvgIpc) is 2.73. The van der Waals surface area contributed by atoms with Crippen molar-refractivity contribution < 1.29 is 19.2 Å². The van der Waals surface area contributed by atoms with E-state index in [0.29, 0.717) is 33.6 Å². The molecule has 0 heterocycles. The van der Waals surface area contributed by atoms with Gasteiger partial charge >= 0.3 is 0 Å². The summed E-state index contributed by atoms with van der Waals surface area (Å²) >= 11 is 0. The van der Waals surface area contributed by atoms with Crippen LogP contribution in [0.3, 0.4) is 0 Å². The molecule has 3 rings (SSSR count). The Labute approximate surface area is 173 Å².